The van der Waals surface area contributed by atoms with Crippen LogP contribution in [0.25, 0.3) is 0 Å². The highest BCUT2D eigenvalue weighted by Gasteiger charge is 1.99. The predicted molar refractivity (Wildman–Crippen MR) is 52.6 cm³/mol. The topological polar surface area (TPSA) is 51.2 Å². The van der Waals surface area contributed by atoms with Crippen LogP contribution in [0.2, 0.25) is 0 Å². The smallest absolute Gasteiger partial charge is 0.319 e. The Bertz CT molecular complexity index is 275. The van der Waals surface area contributed by atoms with E-state index in [9.17, 15) is 4.79 Å². The number of hydrogen-bond acceptors (Lipinski definition) is 4. The molecule has 0 aliphatic heterocycles. The van der Waals surface area contributed by atoms with Crippen LogP contribution in [0, 0.1) is 0 Å². The number of carbonyl (C=O) groups is 1. The third kappa shape index (κ3) is 4.00. The summed E-state index contributed by atoms with van der Waals surface area (Å²) in [6, 6.07) is 3.81. The summed E-state index contributed by atoms with van der Waals surface area (Å²) in [6.45, 7) is 3.09. The molecule has 4 nitrogen and oxygen atoms in total. The van der Waals surface area contributed by atoms with Gasteiger partial charge in [0.25, 0.3) is 0 Å². The van der Waals surface area contributed by atoms with Crippen LogP contribution in [0.3, 0.4) is 0 Å². The Hall–Kier alpha value is -1.42. The van der Waals surface area contributed by atoms with E-state index in [1.807, 2.05) is 12.1 Å². The quantitative estimate of drug-likeness (QED) is 0.702. The average Bonchev–Trinajstić information content (AvgIpc) is 2.20. The molecule has 0 bridgehead atoms. The first-order valence-electron chi connectivity index (χ1n) is 4.58. The van der Waals surface area contributed by atoms with Gasteiger partial charge in [-0.2, -0.15) is 0 Å². The maximum absolute atomic E-state index is 10.9. The van der Waals surface area contributed by atoms with Crippen LogP contribution in [0.5, 0.6) is 0 Å². The summed E-state index contributed by atoms with van der Waals surface area (Å²) in [5.74, 6) is -0.226. The summed E-state index contributed by atoms with van der Waals surface area (Å²) in [5.41, 5.74) is 1.05. The lowest BCUT2D eigenvalue weighted by molar-refractivity contribution is -0.142. The molecule has 0 amide bonds. The standard InChI is InChI=1S/C10H14N2O2/c1-2-14-10(13)8-12-7-9-4-3-5-11-6-9/h3-6,12H,2,7-8H2,1H3. The van der Waals surface area contributed by atoms with E-state index in [1.165, 1.54) is 0 Å². The second-order valence-electron chi connectivity index (χ2n) is 2.77. The number of rotatable bonds is 5. The second kappa shape index (κ2) is 6.10. The van der Waals surface area contributed by atoms with E-state index < -0.39 is 0 Å². The maximum atomic E-state index is 10.9. The molecule has 1 aromatic rings. The van der Waals surface area contributed by atoms with Gasteiger partial charge in [-0.3, -0.25) is 9.78 Å². The molecule has 4 heteroatoms. The molecular weight excluding hydrogens is 180 g/mol. The highest BCUT2D eigenvalue weighted by atomic mass is 16.5. The molecule has 0 aromatic carbocycles. The van der Waals surface area contributed by atoms with E-state index >= 15 is 0 Å². The van der Waals surface area contributed by atoms with Crippen molar-refractivity contribution in [1.82, 2.24) is 10.3 Å². The zero-order chi connectivity index (χ0) is 10.2. The highest BCUT2D eigenvalue weighted by Crippen LogP contribution is 1.93. The van der Waals surface area contributed by atoms with E-state index in [1.54, 1.807) is 19.3 Å². The lowest BCUT2D eigenvalue weighted by Crippen LogP contribution is -2.24. The van der Waals surface area contributed by atoms with Crippen molar-refractivity contribution in [3.05, 3.63) is 30.1 Å². The number of hydrogen-bond donors (Lipinski definition) is 1. The molecule has 1 aromatic heterocycles. The van der Waals surface area contributed by atoms with Crippen molar-refractivity contribution >= 4 is 5.97 Å². The van der Waals surface area contributed by atoms with Gasteiger partial charge >= 0.3 is 5.97 Å². The predicted octanol–water partition coefficient (Wildman–Crippen LogP) is 0.734. The summed E-state index contributed by atoms with van der Waals surface area (Å²) < 4.78 is 4.76. The van der Waals surface area contributed by atoms with Crippen LogP contribution >= 0.6 is 0 Å². The van der Waals surface area contributed by atoms with Crippen LogP contribution in [-0.4, -0.2) is 24.1 Å². The molecule has 76 valence electrons. The Labute approximate surface area is 83.3 Å². The molecule has 0 unspecified atom stereocenters. The van der Waals surface area contributed by atoms with Gasteiger partial charge in [0.05, 0.1) is 13.2 Å². The summed E-state index contributed by atoms with van der Waals surface area (Å²) in [4.78, 5) is 14.9. The number of carbonyl (C=O) groups excluding carboxylic acids is 1. The van der Waals surface area contributed by atoms with Gasteiger partial charge in [-0.1, -0.05) is 6.07 Å². The van der Waals surface area contributed by atoms with E-state index in [0.29, 0.717) is 13.2 Å². The lowest BCUT2D eigenvalue weighted by Gasteiger charge is -2.03. The maximum Gasteiger partial charge on any atom is 0.319 e. The van der Waals surface area contributed by atoms with Crippen molar-refractivity contribution in [3.8, 4) is 0 Å². The van der Waals surface area contributed by atoms with Gasteiger partial charge in [-0.25, -0.2) is 0 Å². The first-order valence-corrected chi connectivity index (χ1v) is 4.58. The van der Waals surface area contributed by atoms with Crippen molar-refractivity contribution in [3.63, 3.8) is 0 Å². The fourth-order valence-corrected chi connectivity index (χ4v) is 1.02. The minimum Gasteiger partial charge on any atom is -0.465 e. The Morgan fingerprint density at radius 2 is 2.50 bits per heavy atom. The Morgan fingerprint density at radius 3 is 3.14 bits per heavy atom. The molecular formula is C10H14N2O2. The average molecular weight is 194 g/mol. The van der Waals surface area contributed by atoms with E-state index in [4.69, 9.17) is 4.74 Å². The molecule has 14 heavy (non-hydrogen) atoms. The molecule has 0 fully saturated rings. The molecule has 0 aliphatic carbocycles. The molecule has 0 aliphatic rings. The van der Waals surface area contributed by atoms with Gasteiger partial charge in [0.15, 0.2) is 0 Å². The number of nitrogens with one attached hydrogen (secondary N) is 1. The first kappa shape index (κ1) is 10.7. The molecule has 1 N–H and O–H groups in total. The van der Waals surface area contributed by atoms with Crippen LogP contribution in [0.15, 0.2) is 24.5 Å². The third-order valence-corrected chi connectivity index (χ3v) is 1.63. The number of aromatic nitrogens is 1. The summed E-state index contributed by atoms with van der Waals surface area (Å²) >= 11 is 0. The zero-order valence-corrected chi connectivity index (χ0v) is 8.19. The fourth-order valence-electron chi connectivity index (χ4n) is 1.02. The van der Waals surface area contributed by atoms with Crippen LogP contribution in [0.4, 0.5) is 0 Å². The van der Waals surface area contributed by atoms with E-state index in [0.717, 1.165) is 5.56 Å². The summed E-state index contributed by atoms with van der Waals surface area (Å²) in [7, 11) is 0. The summed E-state index contributed by atoms with van der Waals surface area (Å²) in [5, 5.41) is 2.97. The minimum absolute atomic E-state index is 0.226. The molecule has 0 atom stereocenters. The number of esters is 1. The van der Waals surface area contributed by atoms with Crippen molar-refractivity contribution in [2.24, 2.45) is 0 Å². The molecule has 1 heterocycles. The van der Waals surface area contributed by atoms with Crippen LogP contribution in [-0.2, 0) is 16.1 Å². The largest absolute Gasteiger partial charge is 0.465 e. The third-order valence-electron chi connectivity index (χ3n) is 1.63. The Kier molecular flexibility index (Phi) is 4.64. The van der Waals surface area contributed by atoms with Gasteiger partial charge in [0.2, 0.25) is 0 Å². The molecule has 0 saturated carbocycles. The second-order valence-corrected chi connectivity index (χ2v) is 2.77. The highest BCUT2D eigenvalue weighted by molar-refractivity contribution is 5.71. The van der Waals surface area contributed by atoms with Crippen molar-refractivity contribution in [1.29, 1.82) is 0 Å². The van der Waals surface area contributed by atoms with Gasteiger partial charge < -0.3 is 10.1 Å². The Morgan fingerprint density at radius 1 is 1.64 bits per heavy atom. The minimum atomic E-state index is -0.226. The van der Waals surface area contributed by atoms with Gasteiger partial charge in [-0.05, 0) is 18.6 Å². The molecule has 0 saturated heterocycles. The fraction of sp³-hybridized carbons (Fsp3) is 0.400. The van der Waals surface area contributed by atoms with E-state index in [-0.39, 0.29) is 12.5 Å². The number of ether oxygens (including phenoxy) is 1. The van der Waals surface area contributed by atoms with Crippen LogP contribution < -0.4 is 5.32 Å². The Balaban J connectivity index is 2.19. The molecule has 1 rings (SSSR count). The number of pyridine rings is 1. The summed E-state index contributed by atoms with van der Waals surface area (Å²) in [6.07, 6.45) is 3.48. The molecule has 0 spiro atoms. The van der Waals surface area contributed by atoms with Gasteiger partial charge in [0, 0.05) is 18.9 Å². The molecule has 0 radical (unpaired) electrons. The van der Waals surface area contributed by atoms with Crippen molar-refractivity contribution in [2.45, 2.75) is 13.5 Å². The lowest BCUT2D eigenvalue weighted by atomic mass is 10.3. The first-order chi connectivity index (χ1) is 6.83. The monoisotopic (exact) mass is 194 g/mol. The SMILES string of the molecule is CCOC(=O)CNCc1cccnc1. The zero-order valence-electron chi connectivity index (χ0n) is 8.19. The van der Waals surface area contributed by atoms with Crippen molar-refractivity contribution < 1.29 is 9.53 Å². The normalized spacial score (nSPS) is 9.79. The van der Waals surface area contributed by atoms with Crippen molar-refractivity contribution in [2.75, 3.05) is 13.2 Å². The van der Waals surface area contributed by atoms with Gasteiger partial charge in [0.1, 0.15) is 0 Å². The van der Waals surface area contributed by atoms with Gasteiger partial charge in [-0.15, -0.1) is 0 Å². The van der Waals surface area contributed by atoms with Crippen LogP contribution in [0.1, 0.15) is 12.5 Å². The number of nitrogens with zero attached hydrogens (tertiary/aromatic N) is 1. The van der Waals surface area contributed by atoms with E-state index in [2.05, 4.69) is 10.3 Å².